The highest BCUT2D eigenvalue weighted by molar-refractivity contribution is 7.07. The molecular formula is C25H33N3O3S. The lowest BCUT2D eigenvalue weighted by Gasteiger charge is -2.19. The lowest BCUT2D eigenvalue weighted by Crippen LogP contribution is -2.26. The van der Waals surface area contributed by atoms with Crippen molar-refractivity contribution in [3.8, 4) is 28.5 Å². The highest BCUT2D eigenvalue weighted by Gasteiger charge is 2.14. The first-order valence-corrected chi connectivity index (χ1v) is 11.8. The van der Waals surface area contributed by atoms with E-state index in [0.717, 1.165) is 71.6 Å². The Balaban J connectivity index is 2.04. The fourth-order valence-electron chi connectivity index (χ4n) is 3.62. The topological polar surface area (TPSA) is 48.2 Å². The molecule has 6 nitrogen and oxygen atoms in total. The van der Waals surface area contributed by atoms with E-state index in [1.807, 2.05) is 42.5 Å². The molecule has 3 rings (SSSR count). The lowest BCUT2D eigenvalue weighted by molar-refractivity contribution is 0.293. The van der Waals surface area contributed by atoms with Crippen LogP contribution in [0.4, 0.5) is 5.69 Å². The van der Waals surface area contributed by atoms with Crippen LogP contribution >= 0.6 is 11.3 Å². The SMILES string of the molecule is CCN(CC)CCCn1c(-c2cc(OC)ccc2OC)csc1=Nc1ccc(OC)cc1. The predicted octanol–water partition coefficient (Wildman–Crippen LogP) is 5.21. The van der Waals surface area contributed by atoms with Gasteiger partial charge in [-0.2, -0.15) is 0 Å². The standard InChI is InChI=1S/C25H33N3O3S/c1-6-27(7-2)15-8-16-28-23(22-17-21(30-4)13-14-24(22)31-5)18-32-25(28)26-19-9-11-20(29-3)12-10-19/h9-14,17-18H,6-8,15-16H2,1-5H3. The second-order valence-corrected chi connectivity index (χ2v) is 8.15. The third-order valence-electron chi connectivity index (χ3n) is 5.53. The van der Waals surface area contributed by atoms with E-state index in [4.69, 9.17) is 19.2 Å². The highest BCUT2D eigenvalue weighted by atomic mass is 32.1. The molecule has 7 heteroatoms. The van der Waals surface area contributed by atoms with Crippen LogP contribution in [0.5, 0.6) is 17.2 Å². The molecule has 0 amide bonds. The van der Waals surface area contributed by atoms with Crippen LogP contribution in [0.1, 0.15) is 20.3 Å². The third-order valence-corrected chi connectivity index (χ3v) is 6.39. The van der Waals surface area contributed by atoms with Gasteiger partial charge in [-0.15, -0.1) is 11.3 Å². The molecule has 172 valence electrons. The van der Waals surface area contributed by atoms with Gasteiger partial charge < -0.3 is 23.7 Å². The zero-order valence-electron chi connectivity index (χ0n) is 19.6. The molecule has 0 atom stereocenters. The van der Waals surface area contributed by atoms with E-state index in [1.165, 1.54) is 0 Å². The Morgan fingerprint density at radius 2 is 1.59 bits per heavy atom. The van der Waals surface area contributed by atoms with E-state index < -0.39 is 0 Å². The summed E-state index contributed by atoms with van der Waals surface area (Å²) >= 11 is 1.63. The third kappa shape index (κ3) is 5.72. The van der Waals surface area contributed by atoms with Crippen LogP contribution in [0.2, 0.25) is 0 Å². The quantitative estimate of drug-likeness (QED) is 0.398. The molecule has 0 bridgehead atoms. The number of hydrogen-bond acceptors (Lipinski definition) is 6. The number of aromatic nitrogens is 1. The van der Waals surface area contributed by atoms with Crippen LogP contribution in [-0.2, 0) is 6.54 Å². The molecule has 1 heterocycles. The van der Waals surface area contributed by atoms with E-state index in [2.05, 4.69) is 28.7 Å². The Bertz CT molecular complexity index is 1050. The molecule has 0 aliphatic rings. The zero-order chi connectivity index (χ0) is 22.9. The Labute approximate surface area is 194 Å². The number of methoxy groups -OCH3 is 3. The Morgan fingerprint density at radius 3 is 2.22 bits per heavy atom. The van der Waals surface area contributed by atoms with Gasteiger partial charge in [0.1, 0.15) is 17.2 Å². The minimum Gasteiger partial charge on any atom is -0.497 e. The first-order chi connectivity index (χ1) is 15.6. The summed E-state index contributed by atoms with van der Waals surface area (Å²) in [6.45, 7) is 8.45. The maximum absolute atomic E-state index is 5.67. The van der Waals surface area contributed by atoms with Crippen LogP contribution in [0, 0.1) is 0 Å². The summed E-state index contributed by atoms with van der Waals surface area (Å²) in [7, 11) is 5.05. The summed E-state index contributed by atoms with van der Waals surface area (Å²) in [5.74, 6) is 2.44. The maximum atomic E-state index is 5.67. The van der Waals surface area contributed by atoms with Crippen molar-refractivity contribution in [1.29, 1.82) is 0 Å². The monoisotopic (exact) mass is 455 g/mol. The molecule has 2 aromatic carbocycles. The molecule has 0 radical (unpaired) electrons. The van der Waals surface area contributed by atoms with Crippen LogP contribution in [0.15, 0.2) is 52.8 Å². The molecule has 0 fully saturated rings. The molecule has 0 unspecified atom stereocenters. The van der Waals surface area contributed by atoms with E-state index in [-0.39, 0.29) is 0 Å². The predicted molar refractivity (Wildman–Crippen MR) is 131 cm³/mol. The van der Waals surface area contributed by atoms with Crippen molar-refractivity contribution >= 4 is 17.0 Å². The van der Waals surface area contributed by atoms with Gasteiger partial charge in [0.15, 0.2) is 4.80 Å². The molecular weight excluding hydrogens is 422 g/mol. The Morgan fingerprint density at radius 1 is 0.906 bits per heavy atom. The van der Waals surface area contributed by atoms with Gasteiger partial charge in [0.25, 0.3) is 0 Å². The highest BCUT2D eigenvalue weighted by Crippen LogP contribution is 2.34. The number of benzene rings is 2. The maximum Gasteiger partial charge on any atom is 0.190 e. The number of hydrogen-bond donors (Lipinski definition) is 0. The van der Waals surface area contributed by atoms with E-state index in [9.17, 15) is 0 Å². The van der Waals surface area contributed by atoms with Gasteiger partial charge in [-0.1, -0.05) is 13.8 Å². The van der Waals surface area contributed by atoms with Crippen LogP contribution in [0.3, 0.4) is 0 Å². The van der Waals surface area contributed by atoms with Crippen LogP contribution in [0.25, 0.3) is 11.3 Å². The minimum atomic E-state index is 0.801. The van der Waals surface area contributed by atoms with Crippen molar-refractivity contribution in [3.05, 3.63) is 52.6 Å². The first kappa shape index (κ1) is 23.9. The summed E-state index contributed by atoms with van der Waals surface area (Å²) in [6.07, 6.45) is 1.04. The number of ether oxygens (including phenoxy) is 3. The van der Waals surface area contributed by atoms with Crippen molar-refractivity contribution in [1.82, 2.24) is 9.47 Å². The normalized spacial score (nSPS) is 11.8. The fraction of sp³-hybridized carbons (Fsp3) is 0.400. The number of thiazole rings is 1. The molecule has 0 aliphatic carbocycles. The number of nitrogens with zero attached hydrogens (tertiary/aromatic N) is 3. The van der Waals surface area contributed by atoms with Crippen molar-refractivity contribution in [3.63, 3.8) is 0 Å². The van der Waals surface area contributed by atoms with Gasteiger partial charge >= 0.3 is 0 Å². The fourth-order valence-corrected chi connectivity index (χ4v) is 4.57. The summed E-state index contributed by atoms with van der Waals surface area (Å²) in [4.78, 5) is 8.34. The molecule has 1 aromatic heterocycles. The van der Waals surface area contributed by atoms with Crippen molar-refractivity contribution in [2.75, 3.05) is 41.0 Å². The molecule has 32 heavy (non-hydrogen) atoms. The molecule has 0 aliphatic heterocycles. The average molecular weight is 456 g/mol. The molecule has 0 saturated heterocycles. The van der Waals surface area contributed by atoms with E-state index in [1.54, 1.807) is 32.7 Å². The van der Waals surface area contributed by atoms with Gasteiger partial charge in [0.05, 0.1) is 32.7 Å². The molecule has 0 spiro atoms. The summed E-state index contributed by atoms with van der Waals surface area (Å²) < 4.78 is 18.7. The lowest BCUT2D eigenvalue weighted by atomic mass is 10.1. The van der Waals surface area contributed by atoms with Gasteiger partial charge in [-0.3, -0.25) is 0 Å². The largest absolute Gasteiger partial charge is 0.497 e. The average Bonchev–Trinajstić information content (AvgIpc) is 3.23. The number of rotatable bonds is 11. The molecule has 3 aromatic rings. The molecule has 0 N–H and O–H groups in total. The van der Waals surface area contributed by atoms with Crippen LogP contribution in [-0.4, -0.2) is 50.4 Å². The van der Waals surface area contributed by atoms with Gasteiger partial charge in [0.2, 0.25) is 0 Å². The van der Waals surface area contributed by atoms with Crippen LogP contribution < -0.4 is 19.0 Å². The van der Waals surface area contributed by atoms with Crippen molar-refractivity contribution in [2.24, 2.45) is 4.99 Å². The van der Waals surface area contributed by atoms with Gasteiger partial charge in [-0.05, 0) is 68.5 Å². The van der Waals surface area contributed by atoms with Crippen molar-refractivity contribution in [2.45, 2.75) is 26.8 Å². The second kappa shape index (κ2) is 11.7. The summed E-state index contributed by atoms with van der Waals surface area (Å²) in [5.41, 5.74) is 2.98. The smallest absolute Gasteiger partial charge is 0.190 e. The Hall–Kier alpha value is -2.77. The molecule has 0 saturated carbocycles. The second-order valence-electron chi connectivity index (χ2n) is 7.31. The first-order valence-electron chi connectivity index (χ1n) is 10.9. The summed E-state index contributed by atoms with van der Waals surface area (Å²) in [5, 5.41) is 2.15. The van der Waals surface area contributed by atoms with Gasteiger partial charge in [0, 0.05) is 17.5 Å². The minimum absolute atomic E-state index is 0.801. The zero-order valence-corrected chi connectivity index (χ0v) is 20.4. The summed E-state index contributed by atoms with van der Waals surface area (Å²) in [6, 6.07) is 13.7. The van der Waals surface area contributed by atoms with Crippen molar-refractivity contribution < 1.29 is 14.2 Å². The Kier molecular flexibility index (Phi) is 8.76. The van der Waals surface area contributed by atoms with E-state index in [0.29, 0.717) is 0 Å². The van der Waals surface area contributed by atoms with Gasteiger partial charge in [-0.25, -0.2) is 4.99 Å². The van der Waals surface area contributed by atoms with E-state index >= 15 is 0 Å².